The van der Waals surface area contributed by atoms with Gasteiger partial charge in [0.15, 0.2) is 6.10 Å². The van der Waals surface area contributed by atoms with Gasteiger partial charge in [0.2, 0.25) is 0 Å². The van der Waals surface area contributed by atoms with Crippen LogP contribution < -0.4 is 14.8 Å². The molecule has 0 spiro atoms. The Morgan fingerprint density at radius 1 is 1.35 bits per heavy atom. The number of benzene rings is 1. The Morgan fingerprint density at radius 3 is 2.91 bits per heavy atom. The molecule has 23 heavy (non-hydrogen) atoms. The van der Waals surface area contributed by atoms with E-state index >= 15 is 0 Å². The van der Waals surface area contributed by atoms with Gasteiger partial charge in [0.25, 0.3) is 0 Å². The van der Waals surface area contributed by atoms with Gasteiger partial charge in [0.05, 0.1) is 24.4 Å². The largest absolute Gasteiger partial charge is 0.497 e. The molecule has 122 valence electrons. The number of pyridine rings is 1. The molecule has 0 amide bonds. The van der Waals surface area contributed by atoms with Crippen LogP contribution >= 0.6 is 11.6 Å². The van der Waals surface area contributed by atoms with Crippen molar-refractivity contribution in [3.63, 3.8) is 0 Å². The van der Waals surface area contributed by atoms with Crippen LogP contribution in [0, 0.1) is 0 Å². The minimum Gasteiger partial charge on any atom is -0.497 e. The van der Waals surface area contributed by atoms with Crippen molar-refractivity contribution in [1.29, 1.82) is 0 Å². The molecule has 1 aromatic heterocycles. The SMILES string of the molecule is COc1ccc(O[C@@H](c2ccccn2)[C@@H]2CNCCO2)c(Cl)c1. The Bertz CT molecular complexity index is 633. The second kappa shape index (κ2) is 7.64. The number of morpholine rings is 1. The third-order valence-electron chi connectivity index (χ3n) is 3.67. The number of nitrogens with zero attached hydrogens (tertiary/aromatic N) is 1. The van der Waals surface area contributed by atoms with Gasteiger partial charge in [0.1, 0.15) is 17.6 Å². The van der Waals surface area contributed by atoms with Crippen LogP contribution in [-0.4, -0.2) is 37.9 Å². The summed E-state index contributed by atoms with van der Waals surface area (Å²) in [5.74, 6) is 1.27. The van der Waals surface area contributed by atoms with Crippen molar-refractivity contribution in [1.82, 2.24) is 10.3 Å². The summed E-state index contributed by atoms with van der Waals surface area (Å²) in [6.07, 6.45) is 1.28. The number of aromatic nitrogens is 1. The highest BCUT2D eigenvalue weighted by Crippen LogP contribution is 2.33. The van der Waals surface area contributed by atoms with E-state index in [1.54, 1.807) is 25.4 Å². The summed E-state index contributed by atoms with van der Waals surface area (Å²) in [4.78, 5) is 4.41. The van der Waals surface area contributed by atoms with Crippen LogP contribution in [-0.2, 0) is 4.74 Å². The van der Waals surface area contributed by atoms with Crippen molar-refractivity contribution in [3.8, 4) is 11.5 Å². The van der Waals surface area contributed by atoms with E-state index in [1.807, 2.05) is 24.3 Å². The summed E-state index contributed by atoms with van der Waals surface area (Å²) in [6, 6.07) is 11.1. The molecular weight excluding hydrogens is 316 g/mol. The maximum absolute atomic E-state index is 6.30. The van der Waals surface area contributed by atoms with Gasteiger partial charge in [-0.15, -0.1) is 0 Å². The van der Waals surface area contributed by atoms with Crippen molar-refractivity contribution in [2.75, 3.05) is 26.8 Å². The topological polar surface area (TPSA) is 52.6 Å². The van der Waals surface area contributed by atoms with Crippen LogP contribution in [0.1, 0.15) is 11.8 Å². The Labute approximate surface area is 140 Å². The second-order valence-electron chi connectivity index (χ2n) is 5.20. The van der Waals surface area contributed by atoms with Gasteiger partial charge in [-0.05, 0) is 24.3 Å². The summed E-state index contributed by atoms with van der Waals surface area (Å²) in [5.41, 5.74) is 0.813. The van der Waals surface area contributed by atoms with E-state index < -0.39 is 0 Å². The van der Waals surface area contributed by atoms with Gasteiger partial charge < -0.3 is 19.5 Å². The number of methoxy groups -OCH3 is 1. The monoisotopic (exact) mass is 334 g/mol. The zero-order chi connectivity index (χ0) is 16.1. The zero-order valence-electron chi connectivity index (χ0n) is 12.9. The molecule has 1 saturated heterocycles. The van der Waals surface area contributed by atoms with E-state index in [0.717, 1.165) is 12.2 Å². The number of hydrogen-bond donors (Lipinski definition) is 1. The number of ether oxygens (including phenoxy) is 3. The van der Waals surface area contributed by atoms with E-state index in [-0.39, 0.29) is 12.2 Å². The summed E-state index contributed by atoms with van der Waals surface area (Å²) >= 11 is 6.30. The van der Waals surface area contributed by atoms with Crippen LogP contribution in [0.2, 0.25) is 5.02 Å². The second-order valence-corrected chi connectivity index (χ2v) is 5.61. The van der Waals surface area contributed by atoms with E-state index in [0.29, 0.717) is 29.7 Å². The van der Waals surface area contributed by atoms with Gasteiger partial charge in [-0.2, -0.15) is 0 Å². The molecule has 2 heterocycles. The maximum atomic E-state index is 6.30. The normalized spacial score (nSPS) is 19.1. The molecular formula is C17H19ClN2O3. The predicted molar refractivity (Wildman–Crippen MR) is 88.2 cm³/mol. The van der Waals surface area contributed by atoms with Crippen molar-refractivity contribution in [3.05, 3.63) is 53.3 Å². The van der Waals surface area contributed by atoms with Gasteiger partial charge in [-0.25, -0.2) is 0 Å². The highest BCUT2D eigenvalue weighted by Gasteiger charge is 2.29. The lowest BCUT2D eigenvalue weighted by atomic mass is 10.1. The van der Waals surface area contributed by atoms with Gasteiger partial charge in [-0.1, -0.05) is 17.7 Å². The van der Waals surface area contributed by atoms with Gasteiger partial charge >= 0.3 is 0 Å². The molecule has 1 fully saturated rings. The minimum absolute atomic E-state index is 0.128. The smallest absolute Gasteiger partial charge is 0.168 e. The molecule has 1 N–H and O–H groups in total. The zero-order valence-corrected chi connectivity index (χ0v) is 13.6. The first kappa shape index (κ1) is 16.1. The fourth-order valence-electron chi connectivity index (χ4n) is 2.49. The standard InChI is InChI=1S/C17H19ClN2O3/c1-21-12-5-6-15(13(18)10-12)23-17(14-4-2-3-7-20-14)16-11-19-8-9-22-16/h2-7,10,16-17,19H,8-9,11H2,1H3/t16-,17-/m0/s1. The molecule has 2 aromatic rings. The average Bonchev–Trinajstić information content (AvgIpc) is 2.62. The van der Waals surface area contributed by atoms with Crippen LogP contribution in [0.15, 0.2) is 42.6 Å². The molecule has 0 saturated carbocycles. The lowest BCUT2D eigenvalue weighted by Crippen LogP contribution is -2.43. The lowest BCUT2D eigenvalue weighted by molar-refractivity contribution is -0.0446. The molecule has 1 aliphatic heterocycles. The average molecular weight is 335 g/mol. The number of hydrogen-bond acceptors (Lipinski definition) is 5. The maximum Gasteiger partial charge on any atom is 0.168 e. The van der Waals surface area contributed by atoms with Crippen molar-refractivity contribution in [2.24, 2.45) is 0 Å². The van der Waals surface area contributed by atoms with Crippen LogP contribution in [0.4, 0.5) is 0 Å². The molecule has 2 atom stereocenters. The minimum atomic E-state index is -0.338. The Balaban J connectivity index is 1.86. The molecule has 1 aliphatic rings. The predicted octanol–water partition coefficient (Wildman–Crippen LogP) is 2.85. The summed E-state index contributed by atoms with van der Waals surface area (Å²) < 4.78 is 17.2. The first-order valence-corrected chi connectivity index (χ1v) is 7.89. The van der Waals surface area contributed by atoms with Crippen molar-refractivity contribution < 1.29 is 14.2 Å². The van der Waals surface area contributed by atoms with E-state index in [1.165, 1.54) is 0 Å². The highest BCUT2D eigenvalue weighted by atomic mass is 35.5. The Morgan fingerprint density at radius 2 is 2.26 bits per heavy atom. The Hall–Kier alpha value is -1.82. The Kier molecular flexibility index (Phi) is 5.33. The molecule has 6 heteroatoms. The van der Waals surface area contributed by atoms with Crippen molar-refractivity contribution >= 4 is 11.6 Å². The van der Waals surface area contributed by atoms with Crippen LogP contribution in [0.5, 0.6) is 11.5 Å². The quantitative estimate of drug-likeness (QED) is 0.911. The first-order chi connectivity index (χ1) is 11.3. The molecule has 3 rings (SSSR count). The van der Waals surface area contributed by atoms with E-state index in [9.17, 15) is 0 Å². The van der Waals surface area contributed by atoms with Crippen LogP contribution in [0.25, 0.3) is 0 Å². The molecule has 0 bridgehead atoms. The van der Waals surface area contributed by atoms with E-state index in [2.05, 4.69) is 10.3 Å². The van der Waals surface area contributed by atoms with E-state index in [4.69, 9.17) is 25.8 Å². The van der Waals surface area contributed by atoms with Crippen molar-refractivity contribution in [2.45, 2.75) is 12.2 Å². The summed E-state index contributed by atoms with van der Waals surface area (Å²) in [6.45, 7) is 2.19. The van der Waals surface area contributed by atoms with Crippen LogP contribution in [0.3, 0.4) is 0 Å². The fraction of sp³-hybridized carbons (Fsp3) is 0.353. The number of halogens is 1. The summed E-state index contributed by atoms with van der Waals surface area (Å²) in [7, 11) is 1.60. The molecule has 1 aromatic carbocycles. The fourth-order valence-corrected chi connectivity index (χ4v) is 2.71. The molecule has 0 radical (unpaired) electrons. The third-order valence-corrected chi connectivity index (χ3v) is 3.96. The number of rotatable bonds is 5. The third kappa shape index (κ3) is 3.93. The highest BCUT2D eigenvalue weighted by molar-refractivity contribution is 6.32. The summed E-state index contributed by atoms with van der Waals surface area (Å²) in [5, 5.41) is 3.81. The molecule has 5 nitrogen and oxygen atoms in total. The number of nitrogens with one attached hydrogen (secondary N) is 1. The lowest BCUT2D eigenvalue weighted by Gasteiger charge is -2.31. The molecule has 0 aliphatic carbocycles. The van der Waals surface area contributed by atoms with Gasteiger partial charge in [0, 0.05) is 25.4 Å². The van der Waals surface area contributed by atoms with Gasteiger partial charge in [-0.3, -0.25) is 4.98 Å². The first-order valence-electron chi connectivity index (χ1n) is 7.51. The molecule has 0 unspecified atom stereocenters.